The number of rotatable bonds is 5. The lowest BCUT2D eigenvalue weighted by Crippen LogP contribution is -2.19. The molecule has 3 N–H and O–H groups in total. The molecule has 0 atom stereocenters. The zero-order valence-corrected chi connectivity index (χ0v) is 9.91. The summed E-state index contributed by atoms with van der Waals surface area (Å²) in [6.07, 6.45) is 0.354. The predicted molar refractivity (Wildman–Crippen MR) is 65.3 cm³/mol. The molecule has 0 radical (unpaired) electrons. The molecular formula is C12H16N2O3. The van der Waals surface area contributed by atoms with Crippen LogP contribution >= 0.6 is 0 Å². The van der Waals surface area contributed by atoms with Gasteiger partial charge in [0.25, 0.3) is 0 Å². The van der Waals surface area contributed by atoms with Crippen molar-refractivity contribution in [1.29, 1.82) is 0 Å². The van der Waals surface area contributed by atoms with E-state index in [1.807, 2.05) is 0 Å². The number of nitrogens with one attached hydrogen (secondary N) is 2. The van der Waals surface area contributed by atoms with E-state index < -0.39 is 5.97 Å². The second-order valence-corrected chi connectivity index (χ2v) is 3.69. The summed E-state index contributed by atoms with van der Waals surface area (Å²) in [7, 11) is 1.77. The molecule has 1 aromatic rings. The normalized spacial score (nSPS) is 10.0. The van der Waals surface area contributed by atoms with Gasteiger partial charge >= 0.3 is 5.97 Å². The van der Waals surface area contributed by atoms with Gasteiger partial charge < -0.3 is 15.7 Å². The van der Waals surface area contributed by atoms with Crippen LogP contribution in [-0.4, -0.2) is 30.6 Å². The number of carboxylic acid groups (broad SMARTS) is 1. The zero-order chi connectivity index (χ0) is 12.8. The predicted octanol–water partition coefficient (Wildman–Crippen LogP) is 1.24. The molecule has 0 aliphatic rings. The van der Waals surface area contributed by atoms with Crippen molar-refractivity contribution in [3.8, 4) is 0 Å². The third-order valence-electron chi connectivity index (χ3n) is 2.44. The fourth-order valence-corrected chi connectivity index (χ4v) is 1.45. The Hall–Kier alpha value is -1.88. The topological polar surface area (TPSA) is 78.4 Å². The number of aromatic carboxylic acids is 1. The van der Waals surface area contributed by atoms with Crippen LogP contribution in [0.4, 0.5) is 5.69 Å². The number of carbonyl (C=O) groups is 2. The minimum absolute atomic E-state index is 0.134. The molecule has 0 aliphatic carbocycles. The molecule has 17 heavy (non-hydrogen) atoms. The molecule has 0 saturated carbocycles. The van der Waals surface area contributed by atoms with Gasteiger partial charge in [0.2, 0.25) is 5.91 Å². The molecule has 1 amide bonds. The highest BCUT2D eigenvalue weighted by Gasteiger charge is 2.11. The molecule has 5 heteroatoms. The van der Waals surface area contributed by atoms with E-state index >= 15 is 0 Å². The molecule has 0 unspecified atom stereocenters. The van der Waals surface area contributed by atoms with Crippen molar-refractivity contribution in [2.75, 3.05) is 18.9 Å². The highest BCUT2D eigenvalue weighted by Crippen LogP contribution is 2.18. The molecule has 0 aromatic heterocycles. The standard InChI is InChI=1S/C12H16N2O3/c1-8-9(12(16)17)4-3-5-10(8)14-11(15)6-7-13-2/h3-5,13H,6-7H2,1-2H3,(H,14,15)(H,16,17). The van der Waals surface area contributed by atoms with E-state index in [-0.39, 0.29) is 11.5 Å². The summed E-state index contributed by atoms with van der Waals surface area (Å²) in [4.78, 5) is 22.4. The molecule has 5 nitrogen and oxygen atoms in total. The van der Waals surface area contributed by atoms with Crippen LogP contribution in [0.1, 0.15) is 22.3 Å². The minimum atomic E-state index is -0.992. The van der Waals surface area contributed by atoms with E-state index in [4.69, 9.17) is 5.11 Å². The lowest BCUT2D eigenvalue weighted by Gasteiger charge is -2.10. The largest absolute Gasteiger partial charge is 0.478 e. The molecule has 0 spiro atoms. The van der Waals surface area contributed by atoms with Gasteiger partial charge in [0.15, 0.2) is 0 Å². The van der Waals surface area contributed by atoms with Crippen molar-refractivity contribution in [3.63, 3.8) is 0 Å². The molecule has 0 bridgehead atoms. The molecular weight excluding hydrogens is 220 g/mol. The lowest BCUT2D eigenvalue weighted by molar-refractivity contribution is -0.116. The maximum atomic E-state index is 11.5. The Balaban J connectivity index is 2.81. The summed E-state index contributed by atoms with van der Waals surface area (Å²) in [5.41, 5.74) is 1.32. The van der Waals surface area contributed by atoms with E-state index in [1.54, 1.807) is 26.1 Å². The Bertz CT molecular complexity index is 430. The van der Waals surface area contributed by atoms with Crippen molar-refractivity contribution in [2.24, 2.45) is 0 Å². The van der Waals surface area contributed by atoms with Gasteiger partial charge in [-0.25, -0.2) is 4.79 Å². The van der Waals surface area contributed by atoms with E-state index in [1.165, 1.54) is 6.07 Å². The Labute approximate surface area is 99.8 Å². The quantitative estimate of drug-likeness (QED) is 0.718. The number of benzene rings is 1. The smallest absolute Gasteiger partial charge is 0.336 e. The van der Waals surface area contributed by atoms with Crippen LogP contribution in [0.15, 0.2) is 18.2 Å². The summed E-state index contributed by atoms with van der Waals surface area (Å²) in [6.45, 7) is 2.26. The fraction of sp³-hybridized carbons (Fsp3) is 0.333. The lowest BCUT2D eigenvalue weighted by atomic mass is 10.1. The summed E-state index contributed by atoms with van der Waals surface area (Å²) >= 11 is 0. The molecule has 1 aromatic carbocycles. The van der Waals surface area contributed by atoms with Crippen LogP contribution in [0.2, 0.25) is 0 Å². The fourth-order valence-electron chi connectivity index (χ4n) is 1.45. The number of hydrogen-bond acceptors (Lipinski definition) is 3. The van der Waals surface area contributed by atoms with Crippen LogP contribution in [0, 0.1) is 6.92 Å². The molecule has 0 fully saturated rings. The minimum Gasteiger partial charge on any atom is -0.478 e. The van der Waals surface area contributed by atoms with Gasteiger partial charge in [0, 0.05) is 18.7 Å². The second kappa shape index (κ2) is 6.00. The third-order valence-corrected chi connectivity index (χ3v) is 2.44. The van der Waals surface area contributed by atoms with Gasteiger partial charge in [-0.2, -0.15) is 0 Å². The number of carboxylic acids is 1. The van der Waals surface area contributed by atoms with Crippen LogP contribution in [0.3, 0.4) is 0 Å². The van der Waals surface area contributed by atoms with Gasteiger partial charge in [-0.15, -0.1) is 0 Å². The maximum Gasteiger partial charge on any atom is 0.336 e. The monoisotopic (exact) mass is 236 g/mol. The Kier molecular flexibility index (Phi) is 4.66. The van der Waals surface area contributed by atoms with Gasteiger partial charge in [-0.1, -0.05) is 6.07 Å². The number of anilines is 1. The third kappa shape index (κ3) is 3.57. The average molecular weight is 236 g/mol. The van der Waals surface area contributed by atoms with E-state index in [2.05, 4.69) is 10.6 Å². The van der Waals surface area contributed by atoms with Crippen LogP contribution < -0.4 is 10.6 Å². The Morgan fingerprint density at radius 3 is 2.65 bits per heavy atom. The van der Waals surface area contributed by atoms with Gasteiger partial charge in [0.1, 0.15) is 0 Å². The molecule has 0 heterocycles. The summed E-state index contributed by atoms with van der Waals surface area (Å²) < 4.78 is 0. The highest BCUT2D eigenvalue weighted by atomic mass is 16.4. The van der Waals surface area contributed by atoms with Crippen molar-refractivity contribution in [3.05, 3.63) is 29.3 Å². The van der Waals surface area contributed by atoms with Gasteiger partial charge in [0.05, 0.1) is 5.56 Å². The first kappa shape index (κ1) is 13.2. The Morgan fingerprint density at radius 2 is 2.06 bits per heavy atom. The summed E-state index contributed by atoms with van der Waals surface area (Å²) in [5.74, 6) is -1.13. The SMILES string of the molecule is CNCCC(=O)Nc1cccc(C(=O)O)c1C. The van der Waals surface area contributed by atoms with Crippen molar-refractivity contribution in [1.82, 2.24) is 5.32 Å². The first-order valence-electron chi connectivity index (χ1n) is 5.33. The van der Waals surface area contributed by atoms with Crippen molar-refractivity contribution < 1.29 is 14.7 Å². The second-order valence-electron chi connectivity index (χ2n) is 3.69. The van der Waals surface area contributed by atoms with E-state index in [9.17, 15) is 9.59 Å². The van der Waals surface area contributed by atoms with E-state index in [0.29, 0.717) is 24.2 Å². The number of hydrogen-bond donors (Lipinski definition) is 3. The molecule has 1 rings (SSSR count). The van der Waals surface area contributed by atoms with E-state index in [0.717, 1.165) is 0 Å². The van der Waals surface area contributed by atoms with Crippen LogP contribution in [0.25, 0.3) is 0 Å². The van der Waals surface area contributed by atoms with Crippen LogP contribution in [0.5, 0.6) is 0 Å². The summed E-state index contributed by atoms with van der Waals surface area (Å²) in [6, 6.07) is 4.82. The van der Waals surface area contributed by atoms with Crippen LogP contribution in [-0.2, 0) is 4.79 Å². The number of carbonyl (C=O) groups excluding carboxylic acids is 1. The summed E-state index contributed by atoms with van der Waals surface area (Å²) in [5, 5.41) is 14.5. The first-order chi connectivity index (χ1) is 8.06. The molecule has 0 aliphatic heterocycles. The highest BCUT2D eigenvalue weighted by molar-refractivity contribution is 5.96. The van der Waals surface area contributed by atoms with Crippen molar-refractivity contribution >= 4 is 17.6 Å². The zero-order valence-electron chi connectivity index (χ0n) is 9.91. The Morgan fingerprint density at radius 1 is 1.35 bits per heavy atom. The first-order valence-corrected chi connectivity index (χ1v) is 5.33. The average Bonchev–Trinajstić information content (AvgIpc) is 2.28. The maximum absolute atomic E-state index is 11.5. The molecule has 92 valence electrons. The van der Waals surface area contributed by atoms with Gasteiger partial charge in [-0.3, -0.25) is 4.79 Å². The van der Waals surface area contributed by atoms with Crippen molar-refractivity contribution in [2.45, 2.75) is 13.3 Å². The van der Waals surface area contributed by atoms with Gasteiger partial charge in [-0.05, 0) is 31.7 Å². The molecule has 0 saturated heterocycles. The number of amides is 1.